The van der Waals surface area contributed by atoms with E-state index >= 15 is 0 Å². The molecule has 0 aliphatic carbocycles. The van der Waals surface area contributed by atoms with Gasteiger partial charge in [-0.25, -0.2) is 0 Å². The van der Waals surface area contributed by atoms with Gasteiger partial charge in [0, 0.05) is 6.07 Å². The van der Waals surface area contributed by atoms with Crippen molar-refractivity contribution < 1.29 is 44.9 Å². The van der Waals surface area contributed by atoms with Crippen LogP contribution in [-0.2, 0) is 5.60 Å². The first-order valence-corrected chi connectivity index (χ1v) is 8.77. The van der Waals surface area contributed by atoms with E-state index < -0.39 is 74.9 Å². The minimum absolute atomic E-state index is 0.0745. The largest absolute Gasteiger partial charge is 0.678 e. The molecule has 0 radical (unpaired) electrons. The van der Waals surface area contributed by atoms with Gasteiger partial charge >= 0.3 is 28.6 Å². The molecule has 0 aromatic heterocycles. The monoisotopic (exact) mass is 514 g/mol. The molecule has 0 heterocycles. The topological polar surface area (TPSA) is 320 Å². The number of rotatable bonds is 10. The smallest absolute Gasteiger partial charge is 0.371 e. The van der Waals surface area contributed by atoms with Crippen LogP contribution in [0.2, 0.25) is 0 Å². The van der Waals surface area contributed by atoms with Gasteiger partial charge in [0.2, 0.25) is 5.60 Å². The quantitative estimate of drug-likeness (QED) is 0.210. The van der Waals surface area contributed by atoms with Gasteiger partial charge in [0.05, 0.1) is 25.3 Å². The van der Waals surface area contributed by atoms with E-state index in [4.69, 9.17) is 0 Å². The number of aliphatic hydroxyl groups is 3. The fraction of sp³-hybridized carbons (Fsp3) is 0.200. The molecular formula is C15H10N6O15. The van der Waals surface area contributed by atoms with Crippen LogP contribution < -0.4 is 0 Å². The second kappa shape index (κ2) is 8.82. The third kappa shape index (κ3) is 3.47. The van der Waals surface area contributed by atoms with Crippen LogP contribution in [0.1, 0.15) is 11.1 Å². The molecule has 3 N–H and O–H groups in total. The number of benzene rings is 2. The molecule has 36 heavy (non-hydrogen) atoms. The highest BCUT2D eigenvalue weighted by Gasteiger charge is 2.92. The Labute approximate surface area is 194 Å². The van der Waals surface area contributed by atoms with Crippen LogP contribution in [-0.4, -0.2) is 56.4 Å². The fourth-order valence-electron chi connectivity index (χ4n) is 3.42. The van der Waals surface area contributed by atoms with Gasteiger partial charge in [-0.15, -0.1) is 0 Å². The van der Waals surface area contributed by atoms with Crippen LogP contribution in [0, 0.1) is 60.7 Å². The predicted octanol–water partition coefficient (Wildman–Crippen LogP) is -0.188. The molecule has 0 fully saturated rings. The van der Waals surface area contributed by atoms with E-state index in [9.17, 15) is 76.0 Å². The molecule has 2 aromatic rings. The molecule has 0 saturated carbocycles. The highest BCUT2D eigenvalue weighted by Crippen LogP contribution is 2.52. The Balaban J connectivity index is 3.35. The van der Waals surface area contributed by atoms with Crippen molar-refractivity contribution in [2.75, 3.05) is 0 Å². The minimum atomic E-state index is -5.36. The predicted molar refractivity (Wildman–Crippen MR) is 107 cm³/mol. The summed E-state index contributed by atoms with van der Waals surface area (Å²) >= 11 is 0. The summed E-state index contributed by atoms with van der Waals surface area (Å²) in [4.78, 5) is 57.4. The van der Waals surface area contributed by atoms with Gasteiger partial charge in [0.25, 0.3) is 0 Å². The Morgan fingerprint density at radius 3 is 1.42 bits per heavy atom. The molecule has 0 spiro atoms. The van der Waals surface area contributed by atoms with Crippen LogP contribution in [0.25, 0.3) is 0 Å². The van der Waals surface area contributed by atoms with E-state index in [1.54, 1.807) is 0 Å². The van der Waals surface area contributed by atoms with Crippen molar-refractivity contribution in [3.8, 4) is 0 Å². The highest BCUT2D eigenvalue weighted by atomic mass is 16.8. The standard InChI is InChI=1S/C15H10N6O15/c22-13(8-4-2-1-3-5-8,14(23,19(31)32)15(24,20(33)34)21(35)36)9-6-7-10(16(25)26)12(18(29)30)11(9)17(27)28/h1-7,22-24H. The number of hydrogen-bond acceptors (Lipinski definition) is 15. The van der Waals surface area contributed by atoms with Gasteiger partial charge in [0.1, 0.15) is 9.85 Å². The van der Waals surface area contributed by atoms with Crippen LogP contribution in [0.15, 0.2) is 42.5 Å². The van der Waals surface area contributed by atoms with Crippen molar-refractivity contribution in [3.05, 3.63) is 114 Å². The normalized spacial score (nSPS) is 14.6. The lowest BCUT2D eigenvalue weighted by Crippen LogP contribution is -2.76. The maximum Gasteiger partial charge on any atom is 0.678 e. The first kappa shape index (κ1) is 27.0. The van der Waals surface area contributed by atoms with Crippen molar-refractivity contribution in [2.24, 2.45) is 0 Å². The van der Waals surface area contributed by atoms with E-state index in [-0.39, 0.29) is 12.1 Å². The summed E-state index contributed by atoms with van der Waals surface area (Å²) < 4.78 is 0. The molecule has 2 atom stereocenters. The first-order valence-electron chi connectivity index (χ1n) is 8.77. The van der Waals surface area contributed by atoms with Gasteiger partial charge in [-0.1, -0.05) is 30.3 Å². The second-order valence-corrected chi connectivity index (χ2v) is 6.76. The van der Waals surface area contributed by atoms with Crippen LogP contribution in [0.3, 0.4) is 0 Å². The van der Waals surface area contributed by atoms with E-state index in [2.05, 4.69) is 0 Å². The van der Waals surface area contributed by atoms with Crippen LogP contribution in [0.5, 0.6) is 0 Å². The highest BCUT2D eigenvalue weighted by molar-refractivity contribution is 5.71. The summed E-state index contributed by atoms with van der Waals surface area (Å²) in [6.07, 6.45) is 0. The van der Waals surface area contributed by atoms with Crippen molar-refractivity contribution in [3.63, 3.8) is 0 Å². The molecule has 21 nitrogen and oxygen atoms in total. The SMILES string of the molecule is O=[N+]([O-])c1ccc(C(O)(c2ccccc2)C(O)([N+](=O)[O-])C(O)([N+](=O)[O-])[N+](=O)[O-])c([N+](=O)[O-])c1[N+](=O)[O-]. The summed E-state index contributed by atoms with van der Waals surface area (Å²) in [5, 5.41) is 102. The molecule has 0 saturated heterocycles. The molecule has 0 aliphatic heterocycles. The number of nitro groups is 6. The van der Waals surface area contributed by atoms with E-state index in [0.29, 0.717) is 12.1 Å². The minimum Gasteiger partial charge on any atom is -0.371 e. The van der Waals surface area contributed by atoms with Crippen molar-refractivity contribution in [1.29, 1.82) is 0 Å². The fourth-order valence-corrected chi connectivity index (χ4v) is 3.42. The Morgan fingerprint density at radius 1 is 0.583 bits per heavy atom. The molecular weight excluding hydrogens is 504 g/mol. The summed E-state index contributed by atoms with van der Waals surface area (Å²) in [5.74, 6) is -5.36. The number of nitro benzene ring substituents is 3. The second-order valence-electron chi connectivity index (χ2n) is 6.76. The number of hydrogen-bond donors (Lipinski definition) is 3. The zero-order chi connectivity index (χ0) is 27.8. The zero-order valence-corrected chi connectivity index (χ0v) is 17.0. The summed E-state index contributed by atoms with van der Waals surface area (Å²) in [7, 11) is 0. The van der Waals surface area contributed by atoms with Gasteiger partial charge < -0.3 is 10.2 Å². The average Bonchev–Trinajstić information content (AvgIpc) is 2.81. The summed E-state index contributed by atoms with van der Waals surface area (Å²) in [5.41, 5.74) is -18.3. The molecule has 21 heteroatoms. The Morgan fingerprint density at radius 2 is 1.06 bits per heavy atom. The van der Waals surface area contributed by atoms with Gasteiger partial charge in [-0.05, 0) is 11.6 Å². The zero-order valence-electron chi connectivity index (χ0n) is 17.0. The molecule has 2 rings (SSSR count). The van der Waals surface area contributed by atoms with Crippen molar-refractivity contribution >= 4 is 17.1 Å². The average molecular weight is 514 g/mol. The lowest BCUT2D eigenvalue weighted by atomic mass is 9.74. The van der Waals surface area contributed by atoms with Gasteiger partial charge in [-0.3, -0.25) is 65.8 Å². The Bertz CT molecular complexity index is 1300. The van der Waals surface area contributed by atoms with E-state index in [0.717, 1.165) is 18.2 Å². The third-order valence-corrected chi connectivity index (χ3v) is 5.02. The van der Waals surface area contributed by atoms with Crippen LogP contribution in [0.4, 0.5) is 17.1 Å². The number of nitrogens with zero attached hydrogens (tertiary/aromatic N) is 6. The molecule has 0 bridgehead atoms. The van der Waals surface area contributed by atoms with E-state index in [1.165, 1.54) is 0 Å². The lowest BCUT2D eigenvalue weighted by Gasteiger charge is -2.35. The maximum atomic E-state index is 12.0. The maximum absolute atomic E-state index is 12.0. The molecule has 0 amide bonds. The third-order valence-electron chi connectivity index (χ3n) is 5.02. The van der Waals surface area contributed by atoms with Crippen LogP contribution >= 0.6 is 0 Å². The molecule has 0 aliphatic rings. The van der Waals surface area contributed by atoms with Crippen molar-refractivity contribution in [2.45, 2.75) is 17.2 Å². The van der Waals surface area contributed by atoms with Gasteiger partial charge in [-0.2, -0.15) is 0 Å². The lowest BCUT2D eigenvalue weighted by molar-refractivity contribution is -0.921. The van der Waals surface area contributed by atoms with Crippen molar-refractivity contribution in [1.82, 2.24) is 0 Å². The Hall–Kier alpha value is -5.28. The molecule has 190 valence electrons. The summed E-state index contributed by atoms with van der Waals surface area (Å²) in [6, 6.07) is 4.39. The first-order chi connectivity index (χ1) is 16.5. The summed E-state index contributed by atoms with van der Waals surface area (Å²) in [6.45, 7) is 0. The molecule has 2 aromatic carbocycles. The Kier molecular flexibility index (Phi) is 6.61. The molecule has 2 unspecified atom stereocenters. The van der Waals surface area contributed by atoms with E-state index in [1.807, 2.05) is 0 Å². The van der Waals surface area contributed by atoms with Gasteiger partial charge in [0.15, 0.2) is 0 Å².